The van der Waals surface area contributed by atoms with Gasteiger partial charge in [-0.2, -0.15) is 0 Å². The highest BCUT2D eigenvalue weighted by Crippen LogP contribution is 2.11. The molecule has 0 saturated carbocycles. The highest BCUT2D eigenvalue weighted by Gasteiger charge is 2.07. The molecule has 0 aliphatic carbocycles. The third-order valence-corrected chi connectivity index (χ3v) is 2.53. The lowest BCUT2D eigenvalue weighted by Crippen LogP contribution is -2.10. The first-order chi connectivity index (χ1) is 7.34. The number of para-hydroxylation sites is 1. The molecule has 0 amide bonds. The molecule has 1 heterocycles. The number of ether oxygens (including phenoxy) is 1. The summed E-state index contributed by atoms with van der Waals surface area (Å²) < 4.78 is 5.12. The van der Waals surface area contributed by atoms with Gasteiger partial charge in [-0.25, -0.2) is 4.98 Å². The predicted molar refractivity (Wildman–Crippen MR) is 57.9 cm³/mol. The Labute approximate surface area is 91.4 Å². The largest absolute Gasteiger partial charge is 0.426 e. The van der Waals surface area contributed by atoms with Crippen molar-refractivity contribution >= 4 is 17.3 Å². The molecule has 0 fully saturated rings. The van der Waals surface area contributed by atoms with E-state index in [1.807, 2.05) is 23.6 Å². The van der Waals surface area contributed by atoms with E-state index in [-0.39, 0.29) is 12.4 Å². The maximum Gasteiger partial charge on any atom is 0.318 e. The van der Waals surface area contributed by atoms with Crippen LogP contribution in [0.2, 0.25) is 0 Å². The van der Waals surface area contributed by atoms with Crippen molar-refractivity contribution in [2.24, 2.45) is 0 Å². The highest BCUT2D eigenvalue weighted by atomic mass is 32.1. The van der Waals surface area contributed by atoms with Crippen LogP contribution in [-0.2, 0) is 11.2 Å². The van der Waals surface area contributed by atoms with Gasteiger partial charge < -0.3 is 4.74 Å². The molecule has 0 saturated heterocycles. The van der Waals surface area contributed by atoms with E-state index in [2.05, 4.69) is 4.98 Å². The van der Waals surface area contributed by atoms with E-state index >= 15 is 0 Å². The predicted octanol–water partition coefficient (Wildman–Crippen LogP) is 2.29. The Hall–Kier alpha value is -1.68. The van der Waals surface area contributed by atoms with Crippen LogP contribution in [0.4, 0.5) is 0 Å². The lowest BCUT2D eigenvalue weighted by molar-refractivity contribution is -0.133. The highest BCUT2D eigenvalue weighted by molar-refractivity contribution is 7.09. The van der Waals surface area contributed by atoms with E-state index in [4.69, 9.17) is 4.74 Å². The Kier molecular flexibility index (Phi) is 3.09. The van der Waals surface area contributed by atoms with E-state index in [1.165, 1.54) is 11.3 Å². The van der Waals surface area contributed by atoms with Crippen LogP contribution in [0, 0.1) is 0 Å². The summed E-state index contributed by atoms with van der Waals surface area (Å²) in [5.74, 6) is 0.287. The first-order valence-corrected chi connectivity index (χ1v) is 5.36. The molecule has 15 heavy (non-hydrogen) atoms. The van der Waals surface area contributed by atoms with Gasteiger partial charge in [0.25, 0.3) is 0 Å². The van der Waals surface area contributed by atoms with Crippen molar-refractivity contribution in [1.82, 2.24) is 4.98 Å². The molecule has 1 aromatic carbocycles. The number of thiazole rings is 1. The number of nitrogens with zero attached hydrogens (tertiary/aromatic N) is 1. The molecule has 4 heteroatoms. The maximum atomic E-state index is 11.4. The van der Waals surface area contributed by atoms with Gasteiger partial charge in [0.15, 0.2) is 0 Å². The molecule has 1 aromatic heterocycles. The summed E-state index contributed by atoms with van der Waals surface area (Å²) in [6.07, 6.45) is 1.91. The molecular formula is C11H9NO2S. The van der Waals surface area contributed by atoms with Crippen molar-refractivity contribution in [3.63, 3.8) is 0 Å². The molecule has 3 nitrogen and oxygen atoms in total. The minimum atomic E-state index is -0.281. The van der Waals surface area contributed by atoms with Crippen molar-refractivity contribution in [2.45, 2.75) is 6.42 Å². The Bertz CT molecular complexity index is 425. The van der Waals surface area contributed by atoms with Crippen LogP contribution in [0.15, 0.2) is 41.9 Å². The van der Waals surface area contributed by atoms with Crippen LogP contribution < -0.4 is 4.74 Å². The number of carbonyl (C=O) groups excluding carboxylic acids is 1. The SMILES string of the molecule is O=C(Cc1nccs1)Oc1ccccc1. The van der Waals surface area contributed by atoms with Crippen molar-refractivity contribution in [3.05, 3.63) is 46.9 Å². The molecule has 0 radical (unpaired) electrons. The van der Waals surface area contributed by atoms with Gasteiger partial charge in [0.2, 0.25) is 0 Å². The van der Waals surface area contributed by atoms with Crippen LogP contribution in [0.3, 0.4) is 0 Å². The molecule has 2 rings (SSSR count). The third-order valence-electron chi connectivity index (χ3n) is 1.75. The summed E-state index contributed by atoms with van der Waals surface area (Å²) in [5.41, 5.74) is 0. The fourth-order valence-corrected chi connectivity index (χ4v) is 1.72. The fraction of sp³-hybridized carbons (Fsp3) is 0.0909. The third kappa shape index (κ3) is 2.89. The van der Waals surface area contributed by atoms with E-state index in [0.29, 0.717) is 5.75 Å². The fourth-order valence-electron chi connectivity index (χ4n) is 1.12. The van der Waals surface area contributed by atoms with E-state index < -0.39 is 0 Å². The van der Waals surface area contributed by atoms with Gasteiger partial charge in [0.1, 0.15) is 10.8 Å². The van der Waals surface area contributed by atoms with Crippen LogP contribution >= 0.6 is 11.3 Å². The minimum Gasteiger partial charge on any atom is -0.426 e. The van der Waals surface area contributed by atoms with Gasteiger partial charge in [-0.1, -0.05) is 18.2 Å². The van der Waals surface area contributed by atoms with Gasteiger partial charge in [0.05, 0.1) is 6.42 Å². The normalized spacial score (nSPS) is 9.87. The lowest BCUT2D eigenvalue weighted by atomic mass is 10.3. The summed E-state index contributed by atoms with van der Waals surface area (Å²) in [6.45, 7) is 0. The molecule has 0 atom stereocenters. The van der Waals surface area contributed by atoms with E-state index in [0.717, 1.165) is 5.01 Å². The summed E-state index contributed by atoms with van der Waals surface area (Å²) in [4.78, 5) is 15.4. The first kappa shape index (κ1) is 9.86. The zero-order valence-corrected chi connectivity index (χ0v) is 8.74. The molecule has 0 unspecified atom stereocenters. The Morgan fingerprint density at radius 3 is 2.80 bits per heavy atom. The quantitative estimate of drug-likeness (QED) is 0.587. The summed E-state index contributed by atoms with van der Waals surface area (Å²) in [5, 5.41) is 2.61. The summed E-state index contributed by atoms with van der Waals surface area (Å²) in [7, 11) is 0. The second kappa shape index (κ2) is 4.70. The number of hydrogen-bond acceptors (Lipinski definition) is 4. The van der Waals surface area contributed by atoms with Crippen molar-refractivity contribution < 1.29 is 9.53 Å². The summed E-state index contributed by atoms with van der Waals surface area (Å²) >= 11 is 1.45. The Morgan fingerprint density at radius 1 is 1.33 bits per heavy atom. The van der Waals surface area contributed by atoms with Crippen molar-refractivity contribution in [3.8, 4) is 5.75 Å². The number of aromatic nitrogens is 1. The molecule has 0 bridgehead atoms. The number of benzene rings is 1. The second-order valence-corrected chi connectivity index (χ2v) is 3.87. The maximum absolute atomic E-state index is 11.4. The van der Waals surface area contributed by atoms with Crippen LogP contribution in [-0.4, -0.2) is 11.0 Å². The standard InChI is InChI=1S/C11H9NO2S/c13-11(8-10-12-6-7-15-10)14-9-4-2-1-3-5-9/h1-7H,8H2. The monoisotopic (exact) mass is 219 g/mol. The molecule has 0 spiro atoms. The van der Waals surface area contributed by atoms with Gasteiger partial charge in [-0.05, 0) is 12.1 Å². The van der Waals surface area contributed by atoms with Gasteiger partial charge >= 0.3 is 5.97 Å². The molecule has 0 aliphatic rings. The molecule has 2 aromatic rings. The molecule has 0 N–H and O–H groups in total. The zero-order chi connectivity index (χ0) is 10.5. The van der Waals surface area contributed by atoms with E-state index in [9.17, 15) is 4.79 Å². The van der Waals surface area contributed by atoms with Crippen molar-refractivity contribution in [1.29, 1.82) is 0 Å². The zero-order valence-electron chi connectivity index (χ0n) is 7.92. The van der Waals surface area contributed by atoms with Crippen LogP contribution in [0.5, 0.6) is 5.75 Å². The van der Waals surface area contributed by atoms with Crippen LogP contribution in [0.1, 0.15) is 5.01 Å². The van der Waals surface area contributed by atoms with Gasteiger partial charge in [-0.15, -0.1) is 11.3 Å². The smallest absolute Gasteiger partial charge is 0.318 e. The minimum absolute atomic E-state index is 0.229. The molecule has 0 aliphatic heterocycles. The number of hydrogen-bond donors (Lipinski definition) is 0. The van der Waals surface area contributed by atoms with Gasteiger partial charge in [-0.3, -0.25) is 4.79 Å². The lowest BCUT2D eigenvalue weighted by Gasteiger charge is -2.01. The number of rotatable bonds is 3. The Morgan fingerprint density at radius 2 is 2.13 bits per heavy atom. The average molecular weight is 219 g/mol. The average Bonchev–Trinajstić information content (AvgIpc) is 2.71. The molecule has 76 valence electrons. The topological polar surface area (TPSA) is 39.2 Å². The van der Waals surface area contributed by atoms with Crippen LogP contribution in [0.25, 0.3) is 0 Å². The number of carbonyl (C=O) groups is 1. The molecular weight excluding hydrogens is 210 g/mol. The summed E-state index contributed by atoms with van der Waals surface area (Å²) in [6, 6.07) is 9.02. The first-order valence-electron chi connectivity index (χ1n) is 4.49. The van der Waals surface area contributed by atoms with E-state index in [1.54, 1.807) is 18.3 Å². The Balaban J connectivity index is 1.94. The number of esters is 1. The second-order valence-electron chi connectivity index (χ2n) is 2.89. The van der Waals surface area contributed by atoms with Crippen molar-refractivity contribution in [2.75, 3.05) is 0 Å². The van der Waals surface area contributed by atoms with Gasteiger partial charge in [0, 0.05) is 11.6 Å².